The standard InChI is InChI=1S/C25H24O4/c1-27-25(26)21-9-7-19(8-10-21)17-29-24-4-2-3-22(15-24)20-11-13-23(14-12-20)28-16-18-5-6-18/h2-4,7-15,18H,5-6,16-17H2,1H3. The Morgan fingerprint density at radius 1 is 0.862 bits per heavy atom. The second-order valence-corrected chi connectivity index (χ2v) is 7.28. The zero-order valence-electron chi connectivity index (χ0n) is 16.5. The van der Waals surface area contributed by atoms with Gasteiger partial charge in [0, 0.05) is 0 Å². The van der Waals surface area contributed by atoms with Crippen LogP contribution in [0.1, 0.15) is 28.8 Å². The van der Waals surface area contributed by atoms with Gasteiger partial charge in [-0.15, -0.1) is 0 Å². The number of esters is 1. The van der Waals surface area contributed by atoms with Crippen molar-refractivity contribution in [3.05, 3.63) is 83.9 Å². The summed E-state index contributed by atoms with van der Waals surface area (Å²) in [7, 11) is 1.38. The molecule has 1 saturated carbocycles. The molecule has 0 unspecified atom stereocenters. The summed E-state index contributed by atoms with van der Waals surface area (Å²) in [6, 6.07) is 23.5. The fraction of sp³-hybridized carbons (Fsp3) is 0.240. The Morgan fingerprint density at radius 2 is 1.62 bits per heavy atom. The fourth-order valence-corrected chi connectivity index (χ4v) is 3.03. The second kappa shape index (κ2) is 8.82. The average Bonchev–Trinajstić information content (AvgIpc) is 3.61. The lowest BCUT2D eigenvalue weighted by molar-refractivity contribution is 0.0600. The number of methoxy groups -OCH3 is 1. The lowest BCUT2D eigenvalue weighted by atomic mass is 10.1. The number of rotatable bonds is 8. The first kappa shape index (κ1) is 19.1. The van der Waals surface area contributed by atoms with Gasteiger partial charge in [-0.2, -0.15) is 0 Å². The molecule has 4 rings (SSSR count). The molecule has 1 aliphatic carbocycles. The molecule has 1 aliphatic rings. The van der Waals surface area contributed by atoms with Crippen molar-refractivity contribution in [1.29, 1.82) is 0 Å². The van der Waals surface area contributed by atoms with Gasteiger partial charge in [0.2, 0.25) is 0 Å². The summed E-state index contributed by atoms with van der Waals surface area (Å²) < 4.78 is 16.5. The monoisotopic (exact) mass is 388 g/mol. The first-order valence-corrected chi connectivity index (χ1v) is 9.84. The zero-order chi connectivity index (χ0) is 20.1. The molecule has 0 bridgehead atoms. The highest BCUT2D eigenvalue weighted by Gasteiger charge is 2.21. The van der Waals surface area contributed by atoms with Crippen molar-refractivity contribution in [2.45, 2.75) is 19.4 Å². The molecule has 3 aromatic rings. The molecular weight excluding hydrogens is 364 g/mol. The van der Waals surface area contributed by atoms with E-state index in [9.17, 15) is 4.79 Å². The molecule has 0 aromatic heterocycles. The predicted octanol–water partition coefficient (Wildman–Crippen LogP) is 5.51. The molecule has 3 aromatic carbocycles. The van der Waals surface area contributed by atoms with Gasteiger partial charge in [0.15, 0.2) is 0 Å². The van der Waals surface area contributed by atoms with Gasteiger partial charge in [0.1, 0.15) is 18.1 Å². The first-order valence-electron chi connectivity index (χ1n) is 9.84. The van der Waals surface area contributed by atoms with Crippen LogP contribution in [0.5, 0.6) is 11.5 Å². The minimum absolute atomic E-state index is 0.339. The summed E-state index contributed by atoms with van der Waals surface area (Å²) >= 11 is 0. The van der Waals surface area contributed by atoms with Gasteiger partial charge in [-0.25, -0.2) is 4.79 Å². The van der Waals surface area contributed by atoms with E-state index in [0.29, 0.717) is 12.2 Å². The third-order valence-electron chi connectivity index (χ3n) is 4.98. The van der Waals surface area contributed by atoms with Crippen LogP contribution in [-0.4, -0.2) is 19.7 Å². The Morgan fingerprint density at radius 3 is 2.31 bits per heavy atom. The quantitative estimate of drug-likeness (QED) is 0.478. The van der Waals surface area contributed by atoms with E-state index < -0.39 is 0 Å². The molecule has 4 heteroatoms. The molecule has 1 fully saturated rings. The molecule has 0 atom stereocenters. The van der Waals surface area contributed by atoms with Crippen molar-refractivity contribution in [3.63, 3.8) is 0 Å². The van der Waals surface area contributed by atoms with E-state index in [0.717, 1.165) is 40.7 Å². The summed E-state index contributed by atoms with van der Waals surface area (Å²) in [5.74, 6) is 2.13. The Hall–Kier alpha value is -3.27. The van der Waals surface area contributed by atoms with Gasteiger partial charge in [-0.3, -0.25) is 0 Å². The van der Waals surface area contributed by atoms with Crippen LogP contribution in [0.3, 0.4) is 0 Å². The van der Waals surface area contributed by atoms with E-state index in [4.69, 9.17) is 14.2 Å². The lowest BCUT2D eigenvalue weighted by Crippen LogP contribution is -2.02. The zero-order valence-corrected chi connectivity index (χ0v) is 16.5. The topological polar surface area (TPSA) is 44.8 Å². The summed E-state index contributed by atoms with van der Waals surface area (Å²) in [5, 5.41) is 0. The van der Waals surface area contributed by atoms with Crippen molar-refractivity contribution in [3.8, 4) is 22.6 Å². The van der Waals surface area contributed by atoms with Gasteiger partial charge in [-0.05, 0) is 71.8 Å². The van der Waals surface area contributed by atoms with Crippen LogP contribution < -0.4 is 9.47 Å². The van der Waals surface area contributed by atoms with Crippen LogP contribution >= 0.6 is 0 Å². The van der Waals surface area contributed by atoms with Crippen molar-refractivity contribution >= 4 is 5.97 Å². The normalized spacial score (nSPS) is 13.0. The highest BCUT2D eigenvalue weighted by molar-refractivity contribution is 5.89. The Labute approximate surface area is 171 Å². The Bertz CT molecular complexity index is 957. The average molecular weight is 388 g/mol. The van der Waals surface area contributed by atoms with Crippen molar-refractivity contribution < 1.29 is 19.0 Å². The van der Waals surface area contributed by atoms with Gasteiger partial charge >= 0.3 is 5.97 Å². The van der Waals surface area contributed by atoms with Crippen molar-refractivity contribution in [2.24, 2.45) is 5.92 Å². The van der Waals surface area contributed by atoms with Crippen LogP contribution in [-0.2, 0) is 11.3 Å². The molecule has 0 radical (unpaired) electrons. The van der Waals surface area contributed by atoms with Gasteiger partial charge in [0.05, 0.1) is 19.3 Å². The van der Waals surface area contributed by atoms with Gasteiger partial charge in [-0.1, -0.05) is 36.4 Å². The van der Waals surface area contributed by atoms with E-state index >= 15 is 0 Å². The van der Waals surface area contributed by atoms with Crippen LogP contribution in [0.2, 0.25) is 0 Å². The van der Waals surface area contributed by atoms with E-state index in [1.807, 2.05) is 42.5 Å². The van der Waals surface area contributed by atoms with Crippen molar-refractivity contribution in [2.75, 3.05) is 13.7 Å². The number of benzene rings is 3. The van der Waals surface area contributed by atoms with Gasteiger partial charge < -0.3 is 14.2 Å². The highest BCUT2D eigenvalue weighted by Crippen LogP contribution is 2.30. The molecule has 0 N–H and O–H groups in total. The van der Waals surface area contributed by atoms with E-state index in [2.05, 4.69) is 18.2 Å². The van der Waals surface area contributed by atoms with Crippen LogP contribution in [0.15, 0.2) is 72.8 Å². The largest absolute Gasteiger partial charge is 0.493 e. The summed E-state index contributed by atoms with van der Waals surface area (Å²) in [6.07, 6.45) is 2.58. The second-order valence-electron chi connectivity index (χ2n) is 7.28. The molecule has 0 saturated heterocycles. The number of hydrogen-bond acceptors (Lipinski definition) is 4. The summed E-state index contributed by atoms with van der Waals surface area (Å²) in [5.41, 5.74) is 3.73. The molecule has 0 aliphatic heterocycles. The van der Waals surface area contributed by atoms with E-state index in [-0.39, 0.29) is 5.97 Å². The molecule has 0 spiro atoms. The summed E-state index contributed by atoms with van der Waals surface area (Å²) in [4.78, 5) is 11.5. The third-order valence-corrected chi connectivity index (χ3v) is 4.98. The molecule has 148 valence electrons. The first-order chi connectivity index (χ1) is 14.2. The number of ether oxygens (including phenoxy) is 3. The maximum absolute atomic E-state index is 11.5. The molecule has 29 heavy (non-hydrogen) atoms. The minimum Gasteiger partial charge on any atom is -0.493 e. The maximum atomic E-state index is 11.5. The van der Waals surface area contributed by atoms with E-state index in [1.54, 1.807) is 12.1 Å². The van der Waals surface area contributed by atoms with Crippen LogP contribution in [0, 0.1) is 5.92 Å². The number of carbonyl (C=O) groups excluding carboxylic acids is 1. The number of hydrogen-bond donors (Lipinski definition) is 0. The van der Waals surface area contributed by atoms with E-state index in [1.165, 1.54) is 20.0 Å². The van der Waals surface area contributed by atoms with Crippen LogP contribution in [0.25, 0.3) is 11.1 Å². The van der Waals surface area contributed by atoms with Gasteiger partial charge in [0.25, 0.3) is 0 Å². The minimum atomic E-state index is -0.339. The molecule has 0 amide bonds. The summed E-state index contributed by atoms with van der Waals surface area (Å²) in [6.45, 7) is 1.25. The molecule has 0 heterocycles. The predicted molar refractivity (Wildman–Crippen MR) is 112 cm³/mol. The molecule has 4 nitrogen and oxygen atoms in total. The van der Waals surface area contributed by atoms with Crippen molar-refractivity contribution in [1.82, 2.24) is 0 Å². The van der Waals surface area contributed by atoms with Crippen LogP contribution in [0.4, 0.5) is 0 Å². The third kappa shape index (κ3) is 5.17. The fourth-order valence-electron chi connectivity index (χ4n) is 3.03. The lowest BCUT2D eigenvalue weighted by Gasteiger charge is -2.10. The SMILES string of the molecule is COC(=O)c1ccc(COc2cccc(-c3ccc(OCC4CC4)cc3)c2)cc1. The highest BCUT2D eigenvalue weighted by atomic mass is 16.5. The Balaban J connectivity index is 1.37. The number of carbonyl (C=O) groups is 1. The smallest absolute Gasteiger partial charge is 0.337 e. The molecular formula is C25H24O4. The maximum Gasteiger partial charge on any atom is 0.337 e. The Kier molecular flexibility index (Phi) is 5.80.